The largest absolute Gasteiger partial charge is 0.325 e. The fourth-order valence-corrected chi connectivity index (χ4v) is 3.54. The molecule has 1 fully saturated rings. The molecule has 1 aromatic heterocycles. The molecule has 1 unspecified atom stereocenters. The Bertz CT molecular complexity index is 657. The van der Waals surface area contributed by atoms with Gasteiger partial charge in [0.25, 0.3) is 0 Å². The number of hydrogen-bond donors (Lipinski definition) is 0. The fourth-order valence-electron chi connectivity index (χ4n) is 3.21. The van der Waals surface area contributed by atoms with E-state index in [9.17, 15) is 0 Å². The zero-order valence-electron chi connectivity index (χ0n) is 12.7. The summed E-state index contributed by atoms with van der Waals surface area (Å²) in [6.07, 6.45) is 3.73. The summed E-state index contributed by atoms with van der Waals surface area (Å²) in [5, 5.41) is 0.625. The van der Waals surface area contributed by atoms with Crippen LogP contribution in [0.15, 0.2) is 18.2 Å². The molecule has 21 heavy (non-hydrogen) atoms. The summed E-state index contributed by atoms with van der Waals surface area (Å²) in [6.45, 7) is 2.90. The highest BCUT2D eigenvalue weighted by atomic mass is 35.5. The lowest BCUT2D eigenvalue weighted by Gasteiger charge is -2.48. The molecule has 0 bridgehead atoms. The average Bonchev–Trinajstić information content (AvgIpc) is 2.71. The number of benzene rings is 1. The van der Waals surface area contributed by atoms with Crippen molar-refractivity contribution in [2.75, 3.05) is 14.1 Å². The van der Waals surface area contributed by atoms with Crippen molar-refractivity contribution in [2.45, 2.75) is 43.6 Å². The van der Waals surface area contributed by atoms with Gasteiger partial charge < -0.3 is 9.47 Å². The van der Waals surface area contributed by atoms with Crippen LogP contribution in [0.25, 0.3) is 11.0 Å². The Balaban J connectivity index is 2.11. The monoisotopic (exact) mass is 325 g/mol. The van der Waals surface area contributed by atoms with E-state index in [-0.39, 0.29) is 10.9 Å². The first-order chi connectivity index (χ1) is 9.93. The van der Waals surface area contributed by atoms with Gasteiger partial charge in [0.2, 0.25) is 0 Å². The maximum atomic E-state index is 6.36. The highest BCUT2D eigenvalue weighted by Gasteiger charge is 2.40. The molecule has 5 heteroatoms. The SMILES string of the molecule is CC(Cl)c1nc2ccc(Cl)cc2n1CC1(N(C)C)CCC1. The smallest absolute Gasteiger partial charge is 0.127 e. The minimum Gasteiger partial charge on any atom is -0.325 e. The van der Waals surface area contributed by atoms with Gasteiger partial charge in [0.05, 0.1) is 16.4 Å². The van der Waals surface area contributed by atoms with Gasteiger partial charge in [0, 0.05) is 17.1 Å². The van der Waals surface area contributed by atoms with Crippen LogP contribution in [0.1, 0.15) is 37.4 Å². The lowest BCUT2D eigenvalue weighted by molar-refractivity contribution is 0.0427. The van der Waals surface area contributed by atoms with Crippen LogP contribution in [0.2, 0.25) is 5.02 Å². The molecule has 0 spiro atoms. The minimum absolute atomic E-state index is 0.115. The molecule has 3 nitrogen and oxygen atoms in total. The summed E-state index contributed by atoms with van der Waals surface area (Å²) < 4.78 is 2.26. The number of rotatable bonds is 4. The second-order valence-electron chi connectivity index (χ2n) is 6.28. The number of alkyl halides is 1. The van der Waals surface area contributed by atoms with Crippen molar-refractivity contribution in [1.29, 1.82) is 0 Å². The summed E-state index contributed by atoms with van der Waals surface area (Å²) >= 11 is 12.5. The van der Waals surface area contributed by atoms with Crippen molar-refractivity contribution in [2.24, 2.45) is 0 Å². The van der Waals surface area contributed by atoms with Crippen LogP contribution < -0.4 is 0 Å². The van der Waals surface area contributed by atoms with Gasteiger partial charge in [-0.15, -0.1) is 11.6 Å². The zero-order valence-corrected chi connectivity index (χ0v) is 14.2. The maximum Gasteiger partial charge on any atom is 0.127 e. The standard InChI is InChI=1S/C16H21Cl2N3/c1-11(17)15-19-13-6-5-12(18)9-14(13)21(15)10-16(20(2)3)7-4-8-16/h5-6,9,11H,4,7-8,10H2,1-3H3. The number of halogens is 2. The summed E-state index contributed by atoms with van der Waals surface area (Å²) in [5.74, 6) is 0.932. The molecule has 1 atom stereocenters. The summed E-state index contributed by atoms with van der Waals surface area (Å²) in [7, 11) is 4.32. The first-order valence-corrected chi connectivity index (χ1v) is 8.22. The Morgan fingerprint density at radius 3 is 2.62 bits per heavy atom. The molecular weight excluding hydrogens is 305 g/mol. The molecule has 114 valence electrons. The van der Waals surface area contributed by atoms with Crippen LogP contribution in [0.4, 0.5) is 0 Å². The van der Waals surface area contributed by atoms with Gasteiger partial charge in [0.15, 0.2) is 0 Å². The van der Waals surface area contributed by atoms with Crippen LogP contribution in [0, 0.1) is 0 Å². The van der Waals surface area contributed by atoms with E-state index in [1.54, 1.807) is 0 Å². The topological polar surface area (TPSA) is 21.1 Å². The summed E-state index contributed by atoms with van der Waals surface area (Å²) in [4.78, 5) is 7.05. The van der Waals surface area contributed by atoms with Gasteiger partial charge in [0.1, 0.15) is 5.82 Å². The average molecular weight is 326 g/mol. The van der Waals surface area contributed by atoms with Crippen molar-refractivity contribution in [3.05, 3.63) is 29.0 Å². The van der Waals surface area contributed by atoms with Crippen LogP contribution in [-0.2, 0) is 6.54 Å². The normalized spacial score (nSPS) is 19.0. The summed E-state index contributed by atoms with van der Waals surface area (Å²) in [5.41, 5.74) is 2.27. The first kappa shape index (κ1) is 15.1. The third-order valence-corrected chi connectivity index (χ3v) is 5.21. The predicted molar refractivity (Wildman–Crippen MR) is 89.3 cm³/mol. The lowest BCUT2D eigenvalue weighted by atomic mass is 9.75. The van der Waals surface area contributed by atoms with Gasteiger partial charge in [-0.25, -0.2) is 4.98 Å². The maximum absolute atomic E-state index is 6.36. The molecule has 0 amide bonds. The first-order valence-electron chi connectivity index (χ1n) is 7.40. The van der Waals surface area contributed by atoms with E-state index in [4.69, 9.17) is 28.2 Å². The Morgan fingerprint density at radius 2 is 2.10 bits per heavy atom. The number of likely N-dealkylation sites (N-methyl/N-ethyl adjacent to an activating group) is 1. The quantitative estimate of drug-likeness (QED) is 0.773. The van der Waals surface area contributed by atoms with E-state index in [0.29, 0.717) is 0 Å². The zero-order chi connectivity index (χ0) is 15.2. The number of aromatic nitrogens is 2. The second kappa shape index (κ2) is 5.45. The number of nitrogens with zero attached hydrogens (tertiary/aromatic N) is 3. The van der Waals surface area contributed by atoms with Crippen molar-refractivity contribution in [1.82, 2.24) is 14.5 Å². The van der Waals surface area contributed by atoms with Crippen LogP contribution >= 0.6 is 23.2 Å². The fraction of sp³-hybridized carbons (Fsp3) is 0.562. The molecule has 3 rings (SSSR count). The number of fused-ring (bicyclic) bond motifs is 1. The number of imidazole rings is 1. The Morgan fingerprint density at radius 1 is 1.38 bits per heavy atom. The molecule has 1 aromatic carbocycles. The van der Waals surface area contributed by atoms with Gasteiger partial charge in [-0.3, -0.25) is 0 Å². The molecule has 0 N–H and O–H groups in total. The van der Waals surface area contributed by atoms with Gasteiger partial charge in [-0.05, 0) is 58.5 Å². The van der Waals surface area contributed by atoms with Crippen LogP contribution in [0.5, 0.6) is 0 Å². The van der Waals surface area contributed by atoms with E-state index in [1.165, 1.54) is 19.3 Å². The van der Waals surface area contributed by atoms with Crippen molar-refractivity contribution in [3.63, 3.8) is 0 Å². The molecule has 2 aromatic rings. The van der Waals surface area contributed by atoms with Crippen LogP contribution in [0.3, 0.4) is 0 Å². The van der Waals surface area contributed by atoms with E-state index >= 15 is 0 Å². The molecule has 1 aliphatic carbocycles. The molecular formula is C16H21Cl2N3. The van der Waals surface area contributed by atoms with Crippen molar-refractivity contribution >= 4 is 34.2 Å². The Kier molecular flexibility index (Phi) is 3.93. The van der Waals surface area contributed by atoms with E-state index < -0.39 is 0 Å². The van der Waals surface area contributed by atoms with Crippen molar-refractivity contribution < 1.29 is 0 Å². The molecule has 0 aliphatic heterocycles. The lowest BCUT2D eigenvalue weighted by Crippen LogP contribution is -2.53. The Hall–Kier alpha value is -0.770. The Labute approximate surface area is 135 Å². The second-order valence-corrected chi connectivity index (χ2v) is 7.37. The third-order valence-electron chi connectivity index (χ3n) is 4.78. The van der Waals surface area contributed by atoms with E-state index in [2.05, 4.69) is 23.6 Å². The van der Waals surface area contributed by atoms with Crippen molar-refractivity contribution in [3.8, 4) is 0 Å². The van der Waals surface area contributed by atoms with E-state index in [1.807, 2.05) is 25.1 Å². The van der Waals surface area contributed by atoms with Crippen LogP contribution in [-0.4, -0.2) is 34.1 Å². The third kappa shape index (κ3) is 2.56. The molecule has 1 aliphatic rings. The van der Waals surface area contributed by atoms with Gasteiger partial charge in [-0.1, -0.05) is 11.6 Å². The summed E-state index contributed by atoms with van der Waals surface area (Å²) in [6, 6.07) is 5.85. The van der Waals surface area contributed by atoms with E-state index in [0.717, 1.165) is 28.4 Å². The molecule has 0 radical (unpaired) electrons. The van der Waals surface area contributed by atoms with Gasteiger partial charge >= 0.3 is 0 Å². The molecule has 1 saturated carbocycles. The predicted octanol–water partition coefficient (Wildman–Crippen LogP) is 4.47. The molecule has 0 saturated heterocycles. The number of hydrogen-bond acceptors (Lipinski definition) is 2. The molecule has 1 heterocycles. The highest BCUT2D eigenvalue weighted by Crippen LogP contribution is 2.39. The van der Waals surface area contributed by atoms with Gasteiger partial charge in [-0.2, -0.15) is 0 Å². The highest BCUT2D eigenvalue weighted by molar-refractivity contribution is 6.31. The minimum atomic E-state index is -0.115.